The van der Waals surface area contributed by atoms with Crippen LogP contribution in [0.25, 0.3) is 0 Å². The highest BCUT2D eigenvalue weighted by Crippen LogP contribution is 2.30. The fourth-order valence-corrected chi connectivity index (χ4v) is 3.04. The molecule has 2 atom stereocenters. The zero-order valence-corrected chi connectivity index (χ0v) is 12.5. The first-order valence-electron chi connectivity index (χ1n) is 6.86. The van der Waals surface area contributed by atoms with Crippen LogP contribution in [0.2, 0.25) is 5.02 Å². The molecule has 21 heavy (non-hydrogen) atoms. The highest BCUT2D eigenvalue weighted by molar-refractivity contribution is 6.33. The van der Waals surface area contributed by atoms with Crippen LogP contribution in [0.5, 0.6) is 0 Å². The second kappa shape index (κ2) is 6.42. The molecular formula is C14H19ClF3N3. The van der Waals surface area contributed by atoms with E-state index in [4.69, 9.17) is 17.3 Å². The highest BCUT2D eigenvalue weighted by Gasteiger charge is 2.46. The van der Waals surface area contributed by atoms with E-state index < -0.39 is 18.3 Å². The second-order valence-electron chi connectivity index (χ2n) is 5.32. The van der Waals surface area contributed by atoms with Gasteiger partial charge >= 0.3 is 6.18 Å². The van der Waals surface area contributed by atoms with Crippen molar-refractivity contribution in [3.63, 3.8) is 0 Å². The lowest BCUT2D eigenvalue weighted by Crippen LogP contribution is -2.60. The molecule has 1 heterocycles. The fraction of sp³-hybridized carbons (Fsp3) is 0.571. The van der Waals surface area contributed by atoms with Crippen molar-refractivity contribution in [1.82, 2.24) is 4.90 Å². The number of halogens is 4. The lowest BCUT2D eigenvalue weighted by Gasteiger charge is -2.42. The van der Waals surface area contributed by atoms with E-state index in [1.807, 2.05) is 23.1 Å². The minimum atomic E-state index is -4.30. The van der Waals surface area contributed by atoms with E-state index in [9.17, 15) is 13.2 Å². The van der Waals surface area contributed by atoms with Gasteiger partial charge < -0.3 is 10.6 Å². The summed E-state index contributed by atoms with van der Waals surface area (Å²) in [5.41, 5.74) is 6.39. The SMILES string of the molecule is CC(N)C(N1CCN(c2ccccc2Cl)CC1)C(F)(F)F. The van der Waals surface area contributed by atoms with Crippen LogP contribution in [0.3, 0.4) is 0 Å². The molecule has 7 heteroatoms. The summed E-state index contributed by atoms with van der Waals surface area (Å²) in [7, 11) is 0. The van der Waals surface area contributed by atoms with Gasteiger partial charge in [-0.15, -0.1) is 0 Å². The van der Waals surface area contributed by atoms with Crippen molar-refractivity contribution in [2.75, 3.05) is 31.1 Å². The summed E-state index contributed by atoms with van der Waals surface area (Å²) >= 11 is 6.12. The van der Waals surface area contributed by atoms with Crippen LogP contribution in [0.1, 0.15) is 6.92 Å². The van der Waals surface area contributed by atoms with E-state index in [0.29, 0.717) is 31.2 Å². The minimum Gasteiger partial charge on any atom is -0.368 e. The zero-order chi connectivity index (χ0) is 15.6. The third-order valence-corrected chi connectivity index (χ3v) is 4.05. The lowest BCUT2D eigenvalue weighted by molar-refractivity contribution is -0.188. The monoisotopic (exact) mass is 321 g/mol. The number of nitrogens with zero attached hydrogens (tertiary/aromatic N) is 2. The van der Waals surface area contributed by atoms with Crippen LogP contribution in [0.4, 0.5) is 18.9 Å². The first-order valence-corrected chi connectivity index (χ1v) is 7.24. The zero-order valence-electron chi connectivity index (χ0n) is 11.8. The van der Waals surface area contributed by atoms with E-state index in [-0.39, 0.29) is 0 Å². The first kappa shape index (κ1) is 16.4. The number of rotatable bonds is 3. The van der Waals surface area contributed by atoms with Crippen molar-refractivity contribution >= 4 is 17.3 Å². The molecule has 1 aromatic carbocycles. The van der Waals surface area contributed by atoms with Crippen LogP contribution >= 0.6 is 11.6 Å². The molecule has 0 aliphatic carbocycles. The van der Waals surface area contributed by atoms with Crippen LogP contribution in [0, 0.1) is 0 Å². The number of anilines is 1. The average Bonchev–Trinajstić information content (AvgIpc) is 2.38. The molecule has 2 rings (SSSR count). The number of nitrogens with two attached hydrogens (primary N) is 1. The standard InChI is InChI=1S/C14H19ClF3N3/c1-10(19)13(14(16,17)18)21-8-6-20(7-9-21)12-5-3-2-4-11(12)15/h2-5,10,13H,6-9,19H2,1H3. The summed E-state index contributed by atoms with van der Waals surface area (Å²) in [6, 6.07) is 4.82. The van der Waals surface area contributed by atoms with Crippen LogP contribution in [0.15, 0.2) is 24.3 Å². The molecule has 2 N–H and O–H groups in total. The Hall–Kier alpha value is -0.980. The van der Waals surface area contributed by atoms with E-state index in [0.717, 1.165) is 5.69 Å². The van der Waals surface area contributed by atoms with Gasteiger partial charge in [0.2, 0.25) is 0 Å². The van der Waals surface area contributed by atoms with Crippen molar-refractivity contribution in [3.8, 4) is 0 Å². The Kier molecular flexibility index (Phi) is 5.01. The van der Waals surface area contributed by atoms with E-state index in [1.54, 1.807) is 6.07 Å². The van der Waals surface area contributed by atoms with E-state index in [1.165, 1.54) is 11.8 Å². The summed E-state index contributed by atoms with van der Waals surface area (Å²) < 4.78 is 39.2. The summed E-state index contributed by atoms with van der Waals surface area (Å²) in [5, 5.41) is 0.616. The molecule has 118 valence electrons. The molecular weight excluding hydrogens is 303 g/mol. The number of para-hydroxylation sites is 1. The molecule has 1 aromatic rings. The number of alkyl halides is 3. The normalized spacial score (nSPS) is 20.4. The molecule has 1 fully saturated rings. The molecule has 1 aliphatic heterocycles. The van der Waals surface area contributed by atoms with Crippen LogP contribution in [-0.4, -0.2) is 49.3 Å². The van der Waals surface area contributed by atoms with Gasteiger partial charge in [0.25, 0.3) is 0 Å². The average molecular weight is 322 g/mol. The number of hydrogen-bond donors (Lipinski definition) is 1. The molecule has 3 nitrogen and oxygen atoms in total. The summed E-state index contributed by atoms with van der Waals surface area (Å²) in [6.07, 6.45) is -4.30. The Balaban J connectivity index is 2.04. The maximum atomic E-state index is 13.1. The third kappa shape index (κ3) is 3.81. The maximum Gasteiger partial charge on any atom is 0.405 e. The van der Waals surface area contributed by atoms with Gasteiger partial charge in [-0.25, -0.2) is 0 Å². The number of benzene rings is 1. The fourth-order valence-electron chi connectivity index (χ4n) is 2.79. The Bertz CT molecular complexity index is 471. The number of hydrogen-bond acceptors (Lipinski definition) is 3. The summed E-state index contributed by atoms with van der Waals surface area (Å²) in [6.45, 7) is 3.04. The van der Waals surface area contributed by atoms with Crippen molar-refractivity contribution in [1.29, 1.82) is 0 Å². The van der Waals surface area contributed by atoms with Crippen molar-refractivity contribution in [2.24, 2.45) is 5.73 Å². The topological polar surface area (TPSA) is 32.5 Å². The van der Waals surface area contributed by atoms with Gasteiger partial charge in [0, 0.05) is 32.2 Å². The summed E-state index contributed by atoms with van der Waals surface area (Å²) in [4.78, 5) is 3.42. The predicted molar refractivity (Wildman–Crippen MR) is 78.7 cm³/mol. The predicted octanol–water partition coefficient (Wildman–Crippen LogP) is 2.74. The van der Waals surface area contributed by atoms with Gasteiger partial charge in [0.15, 0.2) is 0 Å². The Morgan fingerprint density at radius 3 is 2.19 bits per heavy atom. The Morgan fingerprint density at radius 1 is 1.14 bits per heavy atom. The highest BCUT2D eigenvalue weighted by atomic mass is 35.5. The van der Waals surface area contributed by atoms with Crippen LogP contribution < -0.4 is 10.6 Å². The third-order valence-electron chi connectivity index (χ3n) is 3.73. The lowest BCUT2D eigenvalue weighted by atomic mass is 10.1. The molecule has 0 bridgehead atoms. The Morgan fingerprint density at radius 2 is 1.71 bits per heavy atom. The second-order valence-corrected chi connectivity index (χ2v) is 5.73. The van der Waals surface area contributed by atoms with Gasteiger partial charge in [0.1, 0.15) is 6.04 Å². The van der Waals surface area contributed by atoms with E-state index >= 15 is 0 Å². The van der Waals surface area contributed by atoms with Gasteiger partial charge in [-0.3, -0.25) is 4.90 Å². The Labute approximate surface area is 127 Å². The van der Waals surface area contributed by atoms with Crippen molar-refractivity contribution < 1.29 is 13.2 Å². The number of piperazine rings is 1. The van der Waals surface area contributed by atoms with Gasteiger partial charge in [-0.2, -0.15) is 13.2 Å². The summed E-state index contributed by atoms with van der Waals surface area (Å²) in [5.74, 6) is 0. The first-order chi connectivity index (χ1) is 9.80. The smallest absolute Gasteiger partial charge is 0.368 e. The molecule has 2 unspecified atom stereocenters. The van der Waals surface area contributed by atoms with E-state index in [2.05, 4.69) is 0 Å². The van der Waals surface area contributed by atoms with Crippen LogP contribution in [-0.2, 0) is 0 Å². The minimum absolute atomic E-state index is 0.316. The largest absolute Gasteiger partial charge is 0.405 e. The molecule has 1 saturated heterocycles. The molecule has 0 radical (unpaired) electrons. The molecule has 0 saturated carbocycles. The van der Waals surface area contributed by atoms with Gasteiger partial charge in [0.05, 0.1) is 10.7 Å². The quantitative estimate of drug-likeness (QED) is 0.929. The molecule has 1 aliphatic rings. The van der Waals surface area contributed by atoms with Crippen molar-refractivity contribution in [3.05, 3.63) is 29.3 Å². The molecule has 0 aromatic heterocycles. The maximum absolute atomic E-state index is 13.1. The molecule has 0 spiro atoms. The van der Waals surface area contributed by atoms with Gasteiger partial charge in [-0.05, 0) is 19.1 Å². The molecule has 0 amide bonds. The van der Waals surface area contributed by atoms with Crippen molar-refractivity contribution in [2.45, 2.75) is 25.2 Å². The van der Waals surface area contributed by atoms with Gasteiger partial charge in [-0.1, -0.05) is 23.7 Å².